The molecule has 0 N–H and O–H groups in total. The van der Waals surface area contributed by atoms with Crippen molar-refractivity contribution in [1.82, 2.24) is 0 Å². The summed E-state index contributed by atoms with van der Waals surface area (Å²) in [6.07, 6.45) is -1.19. The smallest absolute Gasteiger partial charge is 0.118 e. The van der Waals surface area contributed by atoms with Crippen LogP contribution in [-0.4, -0.2) is 18.3 Å². The maximum Gasteiger partial charge on any atom is 0.118 e. The highest BCUT2D eigenvalue weighted by Crippen LogP contribution is 2.43. The second-order valence-electron chi connectivity index (χ2n) is 4.63. The van der Waals surface area contributed by atoms with Crippen molar-refractivity contribution in [3.05, 3.63) is 29.8 Å². The van der Waals surface area contributed by atoms with Crippen LogP contribution in [0.1, 0.15) is 68.2 Å². The highest BCUT2D eigenvalue weighted by atomic mass is 16.5. The van der Waals surface area contributed by atoms with Crippen molar-refractivity contribution in [3.63, 3.8) is 0 Å². The van der Waals surface area contributed by atoms with Gasteiger partial charge in [-0.3, -0.25) is 0 Å². The van der Waals surface area contributed by atoms with Gasteiger partial charge in [0.1, 0.15) is 5.75 Å². The van der Waals surface area contributed by atoms with Crippen LogP contribution in [0.15, 0.2) is 24.3 Å². The van der Waals surface area contributed by atoms with Crippen LogP contribution < -0.4 is 4.74 Å². The van der Waals surface area contributed by atoms with Crippen molar-refractivity contribution in [2.24, 2.45) is 0 Å². The van der Waals surface area contributed by atoms with Gasteiger partial charge in [0.2, 0.25) is 0 Å². The van der Waals surface area contributed by atoms with Crippen molar-refractivity contribution >= 4 is 0 Å². The molecule has 1 aromatic carbocycles. The van der Waals surface area contributed by atoms with E-state index in [0.717, 1.165) is 0 Å². The second kappa shape index (κ2) is 4.58. The first-order valence-corrected chi connectivity index (χ1v) is 5.65. The van der Waals surface area contributed by atoms with Gasteiger partial charge in [0.15, 0.2) is 0 Å². The molecule has 2 nitrogen and oxygen atoms in total. The van der Waals surface area contributed by atoms with E-state index in [9.17, 15) is 0 Å². The molecule has 0 unspecified atom stereocenters. The first kappa shape index (κ1) is 4.82. The van der Waals surface area contributed by atoms with Crippen LogP contribution in [0.25, 0.3) is 0 Å². The molecule has 1 aromatic rings. The molecule has 0 bridgehead atoms. The lowest BCUT2D eigenvalue weighted by atomic mass is 9.77. The summed E-state index contributed by atoms with van der Waals surface area (Å²) >= 11 is 0. The Labute approximate surface area is 127 Å². The summed E-state index contributed by atoms with van der Waals surface area (Å²) in [5, 5.41) is 0. The van der Waals surface area contributed by atoms with Crippen molar-refractivity contribution in [2.75, 3.05) is 7.11 Å². The molecule has 0 spiro atoms. The van der Waals surface area contributed by atoms with E-state index in [-0.39, 0.29) is 0 Å². The van der Waals surface area contributed by atoms with E-state index in [0.29, 0.717) is 11.3 Å². The predicted octanol–water partition coefficient (Wildman–Crippen LogP) is 4.15. The molecule has 0 atom stereocenters. The second-order valence-corrected chi connectivity index (χ2v) is 4.63. The van der Waals surface area contributed by atoms with Gasteiger partial charge in [-0.1, -0.05) is 12.1 Å². The normalized spacial score (nSPS) is 35.4. The van der Waals surface area contributed by atoms with Gasteiger partial charge in [0.25, 0.3) is 0 Å². The van der Waals surface area contributed by atoms with E-state index >= 15 is 0 Å². The molecule has 0 amide bonds. The molecule has 100 valence electrons. The molecule has 0 radical (unpaired) electrons. The first-order valence-electron chi connectivity index (χ1n) is 11.7. The topological polar surface area (TPSA) is 18.5 Å². The fourth-order valence-corrected chi connectivity index (χ4v) is 2.26. The average Bonchev–Trinajstić information content (AvgIpc) is 2.57. The monoisotopic (exact) mass is 260 g/mol. The third kappa shape index (κ3) is 3.05. The van der Waals surface area contributed by atoms with Crippen LogP contribution in [-0.2, 0) is 4.74 Å². The Balaban J connectivity index is 2.80. The lowest BCUT2D eigenvalue weighted by Gasteiger charge is -2.45. The maximum atomic E-state index is 7.89. The summed E-state index contributed by atoms with van der Waals surface area (Å²) in [6.45, 7) is -13.3. The van der Waals surface area contributed by atoms with E-state index in [1.807, 2.05) is 0 Å². The van der Waals surface area contributed by atoms with Crippen LogP contribution in [0.2, 0.25) is 0 Å². The Kier molecular flexibility index (Phi) is 1.23. The van der Waals surface area contributed by atoms with Gasteiger partial charge in [-0.05, 0) is 63.9 Å². The Morgan fingerprint density at radius 1 is 1.11 bits per heavy atom. The minimum absolute atomic E-state index is 0.398. The zero-order valence-corrected chi connectivity index (χ0v) is 10.1. The molecule has 0 aromatic heterocycles. The molecule has 1 fully saturated rings. The van der Waals surface area contributed by atoms with Gasteiger partial charge in [-0.25, -0.2) is 0 Å². The van der Waals surface area contributed by atoms with Gasteiger partial charge in [-0.15, -0.1) is 0 Å². The number of benzene rings is 1. The predicted molar refractivity (Wildman–Crippen MR) is 74.2 cm³/mol. The Bertz CT molecular complexity index is 674. The number of ether oxygens (including phenoxy) is 2. The molecule has 1 aliphatic rings. The fraction of sp³-hybridized carbons (Fsp3) is 0.625. The number of rotatable bonds is 2. The maximum absolute atomic E-state index is 7.89. The SMILES string of the molecule is [2H]C([2H])([2H])C1(C([2H])([2H])[2H])CC(c2ccc(OC)cc2)CC(C([2H])([2H])[2H])(C([2H])([2H])[2H])O1. The highest BCUT2D eigenvalue weighted by molar-refractivity contribution is 5.30. The van der Waals surface area contributed by atoms with Gasteiger partial charge in [0.05, 0.1) is 18.3 Å². The largest absolute Gasteiger partial charge is 0.497 e. The third-order valence-electron chi connectivity index (χ3n) is 3.00. The Hall–Kier alpha value is -1.02. The fourth-order valence-electron chi connectivity index (χ4n) is 2.26. The number of methoxy groups -OCH3 is 1. The molecule has 1 aliphatic heterocycles. The minimum Gasteiger partial charge on any atom is -0.497 e. The Morgan fingerprint density at radius 2 is 1.67 bits per heavy atom. The number of hydrogen-bond acceptors (Lipinski definition) is 2. The van der Waals surface area contributed by atoms with Crippen LogP contribution in [0.3, 0.4) is 0 Å². The van der Waals surface area contributed by atoms with Gasteiger partial charge < -0.3 is 9.47 Å². The minimum atomic E-state index is -3.31. The average molecular weight is 260 g/mol. The lowest BCUT2D eigenvalue weighted by Crippen LogP contribution is -2.44. The van der Waals surface area contributed by atoms with Crippen molar-refractivity contribution in [3.8, 4) is 5.75 Å². The molecule has 18 heavy (non-hydrogen) atoms. The number of hydrogen-bond donors (Lipinski definition) is 0. The highest BCUT2D eigenvalue weighted by Gasteiger charge is 2.39. The Morgan fingerprint density at radius 3 is 2.11 bits per heavy atom. The van der Waals surface area contributed by atoms with Crippen LogP contribution in [0.4, 0.5) is 0 Å². The summed E-state index contributed by atoms with van der Waals surface area (Å²) in [4.78, 5) is 0. The third-order valence-corrected chi connectivity index (χ3v) is 3.00. The molecule has 1 heterocycles. The molecule has 0 saturated carbocycles. The molecular weight excluding hydrogens is 224 g/mol. The van der Waals surface area contributed by atoms with E-state index in [1.165, 1.54) is 19.2 Å². The zero-order chi connectivity index (χ0) is 23.4. The van der Waals surface area contributed by atoms with E-state index in [2.05, 4.69) is 0 Å². The molecular formula is C16H24O2. The molecule has 2 rings (SSSR count). The van der Waals surface area contributed by atoms with Crippen LogP contribution in [0, 0.1) is 0 Å². The summed E-state index contributed by atoms with van der Waals surface area (Å²) < 4.78 is 105. The van der Waals surface area contributed by atoms with E-state index in [1.54, 1.807) is 12.1 Å². The van der Waals surface area contributed by atoms with E-state index in [4.69, 9.17) is 25.9 Å². The van der Waals surface area contributed by atoms with Gasteiger partial charge >= 0.3 is 0 Å². The standard InChI is InChI=1S/C16H24O2/c1-15(2)10-13(11-16(3,4)18-15)12-6-8-14(17-5)9-7-12/h6-9,13H,10-11H2,1-5H3/i1D3,2D3,3D3,4D3. The first-order chi connectivity index (χ1) is 13.3. The summed E-state index contributed by atoms with van der Waals surface area (Å²) in [6, 6.07) is 6.15. The van der Waals surface area contributed by atoms with Crippen LogP contribution in [0.5, 0.6) is 5.75 Å². The van der Waals surface area contributed by atoms with Gasteiger partial charge in [-0.2, -0.15) is 0 Å². The van der Waals surface area contributed by atoms with Crippen molar-refractivity contribution in [1.29, 1.82) is 0 Å². The van der Waals surface area contributed by atoms with Crippen molar-refractivity contribution in [2.45, 2.75) is 57.4 Å². The lowest BCUT2D eigenvalue weighted by molar-refractivity contribution is -0.161. The molecule has 2 heteroatoms. The summed E-state index contributed by atoms with van der Waals surface area (Å²) in [5.74, 6) is -0.534. The quantitative estimate of drug-likeness (QED) is 0.795. The van der Waals surface area contributed by atoms with E-state index < -0.39 is 57.4 Å². The molecule has 0 aliphatic carbocycles. The van der Waals surface area contributed by atoms with Crippen molar-refractivity contribution < 1.29 is 25.9 Å². The van der Waals surface area contributed by atoms with Gasteiger partial charge in [0, 0.05) is 16.4 Å². The summed E-state index contributed by atoms with van der Waals surface area (Å²) in [5.41, 5.74) is -5.56. The summed E-state index contributed by atoms with van der Waals surface area (Å²) in [7, 11) is 1.44. The van der Waals surface area contributed by atoms with Crippen LogP contribution >= 0.6 is 0 Å². The zero-order valence-electron chi connectivity index (χ0n) is 22.1. The molecule has 1 saturated heterocycles.